The van der Waals surface area contributed by atoms with Gasteiger partial charge in [0.25, 0.3) is 0 Å². The predicted molar refractivity (Wildman–Crippen MR) is 79.4 cm³/mol. The molecule has 0 bridgehead atoms. The summed E-state index contributed by atoms with van der Waals surface area (Å²) in [4.78, 5) is 8.73. The van der Waals surface area contributed by atoms with Crippen LogP contribution in [0.5, 0.6) is 0 Å². The number of hydrogen-bond acceptors (Lipinski definition) is 2. The average molecular weight is 269 g/mol. The third-order valence-corrected chi connectivity index (χ3v) is 3.30. The van der Waals surface area contributed by atoms with Crippen molar-refractivity contribution >= 4 is 22.4 Å². The number of aromatic nitrogens is 2. The molecule has 0 N–H and O–H groups in total. The molecule has 94 valence electrons. The van der Waals surface area contributed by atoms with Gasteiger partial charge >= 0.3 is 0 Å². The smallest absolute Gasteiger partial charge is 0.133 e. The Morgan fingerprint density at radius 2 is 1.74 bits per heavy atom. The number of fused-ring (bicyclic) bond motifs is 1. The summed E-state index contributed by atoms with van der Waals surface area (Å²) >= 11 is 6.05. The van der Waals surface area contributed by atoms with Crippen LogP contribution in [-0.2, 0) is 6.42 Å². The van der Waals surface area contributed by atoms with Gasteiger partial charge in [-0.3, -0.25) is 0 Å². The lowest BCUT2D eigenvalue weighted by Crippen LogP contribution is -1.95. The van der Waals surface area contributed by atoms with Crippen LogP contribution in [0.1, 0.15) is 12.7 Å². The number of rotatable bonds is 2. The first-order chi connectivity index (χ1) is 9.26. The Morgan fingerprint density at radius 1 is 0.947 bits per heavy atom. The van der Waals surface area contributed by atoms with Crippen LogP contribution in [0.25, 0.3) is 22.0 Å². The largest absolute Gasteiger partial charge is 0.233 e. The van der Waals surface area contributed by atoms with E-state index in [1.165, 1.54) is 10.8 Å². The summed E-state index contributed by atoms with van der Waals surface area (Å²) in [7, 11) is 0. The maximum Gasteiger partial charge on any atom is 0.133 e. The molecule has 0 atom stereocenters. The molecule has 0 radical (unpaired) electrons. The van der Waals surface area contributed by atoms with E-state index in [0.717, 1.165) is 23.5 Å². The molecular weight excluding hydrogens is 256 g/mol. The highest BCUT2D eigenvalue weighted by Crippen LogP contribution is 2.24. The van der Waals surface area contributed by atoms with E-state index in [4.69, 9.17) is 11.6 Å². The Kier molecular flexibility index (Phi) is 3.18. The monoisotopic (exact) mass is 268 g/mol. The predicted octanol–water partition coefficient (Wildman–Crippen LogP) is 4.51. The Labute approximate surface area is 117 Å². The molecule has 0 saturated heterocycles. The molecule has 0 aliphatic rings. The normalized spacial score (nSPS) is 10.8. The van der Waals surface area contributed by atoms with E-state index in [1.807, 2.05) is 25.1 Å². The average Bonchev–Trinajstić information content (AvgIpc) is 2.46. The van der Waals surface area contributed by atoms with E-state index in [1.54, 1.807) is 0 Å². The molecule has 19 heavy (non-hydrogen) atoms. The van der Waals surface area contributed by atoms with Crippen LogP contribution in [0, 0.1) is 0 Å². The Hall–Kier alpha value is -1.93. The number of halogens is 1. The van der Waals surface area contributed by atoms with E-state index in [0.29, 0.717) is 5.15 Å². The first-order valence-electron chi connectivity index (χ1n) is 6.29. The van der Waals surface area contributed by atoms with Crippen molar-refractivity contribution in [1.82, 2.24) is 9.97 Å². The van der Waals surface area contributed by atoms with Crippen LogP contribution in [0.4, 0.5) is 0 Å². The van der Waals surface area contributed by atoms with Gasteiger partial charge in [-0.25, -0.2) is 9.97 Å². The van der Waals surface area contributed by atoms with E-state index in [9.17, 15) is 0 Å². The summed E-state index contributed by atoms with van der Waals surface area (Å²) < 4.78 is 0. The first-order valence-corrected chi connectivity index (χ1v) is 6.66. The maximum absolute atomic E-state index is 6.05. The van der Waals surface area contributed by atoms with Crippen LogP contribution in [0.15, 0.2) is 48.5 Å². The molecule has 3 rings (SSSR count). The van der Waals surface area contributed by atoms with E-state index in [2.05, 4.69) is 40.3 Å². The zero-order chi connectivity index (χ0) is 13.2. The quantitative estimate of drug-likeness (QED) is 0.639. The molecule has 0 unspecified atom stereocenters. The SMILES string of the molecule is CCc1nc(Cl)cc(-c2ccc3ccccc3c2)n1. The molecule has 2 aromatic carbocycles. The fraction of sp³-hybridized carbons (Fsp3) is 0.125. The number of hydrogen-bond donors (Lipinski definition) is 0. The first kappa shape index (κ1) is 12.1. The Morgan fingerprint density at radius 3 is 2.53 bits per heavy atom. The summed E-state index contributed by atoms with van der Waals surface area (Å²) in [5.41, 5.74) is 1.94. The van der Waals surface area contributed by atoms with Gasteiger partial charge in [0.05, 0.1) is 5.69 Å². The summed E-state index contributed by atoms with van der Waals surface area (Å²) in [6.45, 7) is 2.02. The topological polar surface area (TPSA) is 25.8 Å². The van der Waals surface area contributed by atoms with Crippen LogP contribution < -0.4 is 0 Å². The van der Waals surface area contributed by atoms with Crippen LogP contribution in [-0.4, -0.2) is 9.97 Å². The molecule has 0 spiro atoms. The molecule has 3 heteroatoms. The fourth-order valence-electron chi connectivity index (χ4n) is 2.12. The molecule has 1 heterocycles. The van der Waals surface area contributed by atoms with Crippen LogP contribution in [0.2, 0.25) is 5.15 Å². The highest BCUT2D eigenvalue weighted by Gasteiger charge is 2.05. The van der Waals surface area contributed by atoms with Gasteiger partial charge in [-0.1, -0.05) is 54.9 Å². The standard InChI is InChI=1S/C16H13ClN2/c1-2-16-18-14(10-15(17)19-16)13-8-7-11-5-3-4-6-12(11)9-13/h3-10H,2H2,1H3. The van der Waals surface area contributed by atoms with Gasteiger partial charge in [-0.15, -0.1) is 0 Å². The summed E-state index contributed by atoms with van der Waals surface area (Å²) in [6, 6.07) is 16.4. The minimum atomic E-state index is 0.495. The second-order valence-corrected chi connectivity index (χ2v) is 4.79. The van der Waals surface area contributed by atoms with Crippen molar-refractivity contribution in [3.05, 3.63) is 59.5 Å². The van der Waals surface area contributed by atoms with Crippen molar-refractivity contribution in [3.63, 3.8) is 0 Å². The zero-order valence-electron chi connectivity index (χ0n) is 10.6. The fourth-order valence-corrected chi connectivity index (χ4v) is 2.32. The van der Waals surface area contributed by atoms with Crippen molar-refractivity contribution in [2.45, 2.75) is 13.3 Å². The molecular formula is C16H13ClN2. The number of aryl methyl sites for hydroxylation is 1. The molecule has 0 aliphatic carbocycles. The van der Waals surface area contributed by atoms with Gasteiger partial charge in [0.15, 0.2) is 0 Å². The van der Waals surface area contributed by atoms with Crippen molar-refractivity contribution in [2.24, 2.45) is 0 Å². The second-order valence-electron chi connectivity index (χ2n) is 4.41. The Bertz CT molecular complexity index is 738. The highest BCUT2D eigenvalue weighted by atomic mass is 35.5. The van der Waals surface area contributed by atoms with Gasteiger partial charge in [0, 0.05) is 18.1 Å². The lowest BCUT2D eigenvalue weighted by Gasteiger charge is -2.05. The van der Waals surface area contributed by atoms with Crippen molar-refractivity contribution in [1.29, 1.82) is 0 Å². The zero-order valence-corrected chi connectivity index (χ0v) is 11.4. The van der Waals surface area contributed by atoms with Crippen LogP contribution in [0.3, 0.4) is 0 Å². The van der Waals surface area contributed by atoms with E-state index >= 15 is 0 Å². The molecule has 0 saturated carbocycles. The molecule has 0 aliphatic heterocycles. The second kappa shape index (κ2) is 4.98. The molecule has 2 nitrogen and oxygen atoms in total. The van der Waals surface area contributed by atoms with Gasteiger partial charge in [-0.05, 0) is 16.8 Å². The lowest BCUT2D eigenvalue weighted by molar-refractivity contribution is 0.944. The third kappa shape index (κ3) is 2.45. The number of nitrogens with zero attached hydrogens (tertiary/aromatic N) is 2. The van der Waals surface area contributed by atoms with Gasteiger partial charge in [0.1, 0.15) is 11.0 Å². The van der Waals surface area contributed by atoms with Crippen molar-refractivity contribution in [3.8, 4) is 11.3 Å². The third-order valence-electron chi connectivity index (χ3n) is 3.10. The van der Waals surface area contributed by atoms with Gasteiger partial charge in [0.2, 0.25) is 0 Å². The maximum atomic E-state index is 6.05. The molecule has 1 aromatic heterocycles. The summed E-state index contributed by atoms with van der Waals surface area (Å²) in [6.07, 6.45) is 0.779. The minimum absolute atomic E-state index is 0.495. The van der Waals surface area contributed by atoms with Gasteiger partial charge in [-0.2, -0.15) is 0 Å². The molecule has 3 aromatic rings. The van der Waals surface area contributed by atoms with Crippen molar-refractivity contribution in [2.75, 3.05) is 0 Å². The lowest BCUT2D eigenvalue weighted by atomic mass is 10.1. The number of benzene rings is 2. The summed E-state index contributed by atoms with van der Waals surface area (Å²) in [5.74, 6) is 0.774. The highest BCUT2D eigenvalue weighted by molar-refractivity contribution is 6.29. The van der Waals surface area contributed by atoms with Crippen molar-refractivity contribution < 1.29 is 0 Å². The molecule has 0 fully saturated rings. The Balaban J connectivity index is 2.15. The van der Waals surface area contributed by atoms with E-state index in [-0.39, 0.29) is 0 Å². The van der Waals surface area contributed by atoms with Gasteiger partial charge < -0.3 is 0 Å². The minimum Gasteiger partial charge on any atom is -0.233 e. The van der Waals surface area contributed by atoms with Crippen LogP contribution >= 0.6 is 11.6 Å². The molecule has 0 amide bonds. The summed E-state index contributed by atoms with van der Waals surface area (Å²) in [5, 5.41) is 2.92. The van der Waals surface area contributed by atoms with E-state index < -0.39 is 0 Å².